The first-order valence-electron chi connectivity index (χ1n) is 7.71. The van der Waals surface area contributed by atoms with Crippen molar-refractivity contribution in [3.63, 3.8) is 0 Å². The van der Waals surface area contributed by atoms with Gasteiger partial charge in [0.1, 0.15) is 6.10 Å². The molecule has 1 atom stereocenters. The molecule has 2 saturated heterocycles. The minimum atomic E-state index is -0.384. The molecule has 1 aromatic rings. The lowest BCUT2D eigenvalue weighted by molar-refractivity contribution is -0.146. The van der Waals surface area contributed by atoms with E-state index in [2.05, 4.69) is 5.32 Å². The zero-order valence-electron chi connectivity index (χ0n) is 12.5. The summed E-state index contributed by atoms with van der Waals surface area (Å²) < 4.78 is 5.50. The van der Waals surface area contributed by atoms with Crippen molar-refractivity contribution in [3.05, 3.63) is 35.9 Å². The number of piperazine rings is 1. The highest BCUT2D eigenvalue weighted by molar-refractivity contribution is 5.94. The van der Waals surface area contributed by atoms with Gasteiger partial charge >= 0.3 is 0 Å². The van der Waals surface area contributed by atoms with Crippen molar-refractivity contribution < 1.29 is 14.3 Å². The summed E-state index contributed by atoms with van der Waals surface area (Å²) in [5.41, 5.74) is 0.696. The van der Waals surface area contributed by atoms with Crippen molar-refractivity contribution in [2.24, 2.45) is 0 Å². The van der Waals surface area contributed by atoms with Crippen LogP contribution in [-0.2, 0) is 9.53 Å². The number of amides is 2. The standard InChI is InChI=1S/C16H21N3O3/c20-15(13-4-2-1-3-5-13)18-7-9-19(10-8-18)16(21)14-12-17-6-11-22-14/h1-5,14,17H,6-12H2. The predicted octanol–water partition coefficient (Wildman–Crippen LogP) is -0.0406. The van der Waals surface area contributed by atoms with Crippen LogP contribution in [0.15, 0.2) is 30.3 Å². The van der Waals surface area contributed by atoms with E-state index in [9.17, 15) is 9.59 Å². The molecule has 118 valence electrons. The van der Waals surface area contributed by atoms with Gasteiger partial charge in [-0.25, -0.2) is 0 Å². The van der Waals surface area contributed by atoms with Gasteiger partial charge in [0.25, 0.3) is 11.8 Å². The van der Waals surface area contributed by atoms with E-state index in [-0.39, 0.29) is 17.9 Å². The first kappa shape index (κ1) is 15.0. The van der Waals surface area contributed by atoms with Crippen LogP contribution in [0.4, 0.5) is 0 Å². The number of morpholine rings is 1. The second kappa shape index (κ2) is 6.89. The third-order valence-corrected chi connectivity index (χ3v) is 4.10. The summed E-state index contributed by atoms with van der Waals surface area (Å²) in [7, 11) is 0. The Morgan fingerprint density at radius 1 is 1.05 bits per heavy atom. The van der Waals surface area contributed by atoms with Crippen molar-refractivity contribution >= 4 is 11.8 Å². The fourth-order valence-corrected chi connectivity index (χ4v) is 2.82. The summed E-state index contributed by atoms with van der Waals surface area (Å²) in [4.78, 5) is 28.3. The molecule has 0 aromatic heterocycles. The molecular formula is C16H21N3O3. The Morgan fingerprint density at radius 3 is 2.36 bits per heavy atom. The smallest absolute Gasteiger partial charge is 0.253 e. The molecule has 2 aliphatic rings. The Hall–Kier alpha value is -1.92. The summed E-state index contributed by atoms with van der Waals surface area (Å²) in [6.07, 6.45) is -0.384. The second-order valence-corrected chi connectivity index (χ2v) is 5.55. The van der Waals surface area contributed by atoms with Gasteiger partial charge in [-0.2, -0.15) is 0 Å². The lowest BCUT2D eigenvalue weighted by atomic mass is 10.1. The third kappa shape index (κ3) is 3.28. The number of nitrogens with zero attached hydrogens (tertiary/aromatic N) is 2. The van der Waals surface area contributed by atoms with Gasteiger partial charge in [-0.05, 0) is 12.1 Å². The minimum absolute atomic E-state index is 0.0269. The van der Waals surface area contributed by atoms with E-state index in [0.29, 0.717) is 44.9 Å². The van der Waals surface area contributed by atoms with Gasteiger partial charge in [-0.1, -0.05) is 18.2 Å². The summed E-state index contributed by atoms with van der Waals surface area (Å²) in [6.45, 7) is 4.21. The normalized spacial score (nSPS) is 22.5. The van der Waals surface area contributed by atoms with E-state index in [1.165, 1.54) is 0 Å². The number of hydrogen-bond acceptors (Lipinski definition) is 4. The van der Waals surface area contributed by atoms with Crippen LogP contribution in [0.3, 0.4) is 0 Å². The van der Waals surface area contributed by atoms with Crippen LogP contribution in [0.25, 0.3) is 0 Å². The van der Waals surface area contributed by atoms with Gasteiger partial charge in [0.05, 0.1) is 6.61 Å². The summed E-state index contributed by atoms with van der Waals surface area (Å²) in [5.74, 6) is 0.0577. The number of rotatable bonds is 2. The number of carbonyl (C=O) groups excluding carboxylic acids is 2. The maximum Gasteiger partial charge on any atom is 0.253 e. The fraction of sp³-hybridized carbons (Fsp3) is 0.500. The van der Waals surface area contributed by atoms with Crippen molar-refractivity contribution in [1.29, 1.82) is 0 Å². The molecular weight excluding hydrogens is 282 g/mol. The van der Waals surface area contributed by atoms with Crippen LogP contribution in [0, 0.1) is 0 Å². The number of hydrogen-bond donors (Lipinski definition) is 1. The molecule has 2 heterocycles. The molecule has 0 radical (unpaired) electrons. The van der Waals surface area contributed by atoms with Crippen LogP contribution in [0.1, 0.15) is 10.4 Å². The van der Waals surface area contributed by atoms with Gasteiger partial charge in [-0.15, -0.1) is 0 Å². The summed E-state index contributed by atoms with van der Waals surface area (Å²) in [5, 5.41) is 3.17. The van der Waals surface area contributed by atoms with Crippen molar-refractivity contribution in [3.8, 4) is 0 Å². The first-order chi connectivity index (χ1) is 10.8. The molecule has 22 heavy (non-hydrogen) atoms. The molecule has 2 aliphatic heterocycles. The van der Waals surface area contributed by atoms with Crippen LogP contribution in [-0.4, -0.2) is 73.6 Å². The van der Waals surface area contributed by atoms with E-state index in [0.717, 1.165) is 6.54 Å². The monoisotopic (exact) mass is 303 g/mol. The van der Waals surface area contributed by atoms with E-state index in [4.69, 9.17) is 4.74 Å². The molecule has 3 rings (SSSR count). The number of carbonyl (C=O) groups is 2. The van der Waals surface area contributed by atoms with Crippen molar-refractivity contribution in [1.82, 2.24) is 15.1 Å². The summed E-state index contributed by atoms with van der Waals surface area (Å²) in [6, 6.07) is 9.26. The summed E-state index contributed by atoms with van der Waals surface area (Å²) >= 11 is 0. The second-order valence-electron chi connectivity index (χ2n) is 5.55. The van der Waals surface area contributed by atoms with E-state index in [1.54, 1.807) is 9.80 Å². The first-order valence-corrected chi connectivity index (χ1v) is 7.71. The number of benzene rings is 1. The lowest BCUT2D eigenvalue weighted by Gasteiger charge is -2.37. The molecule has 1 N–H and O–H groups in total. The molecule has 0 bridgehead atoms. The maximum atomic E-state index is 12.4. The Labute approximate surface area is 130 Å². The van der Waals surface area contributed by atoms with Crippen LogP contribution in [0.2, 0.25) is 0 Å². The molecule has 6 nitrogen and oxygen atoms in total. The van der Waals surface area contributed by atoms with Gasteiger partial charge in [0.15, 0.2) is 0 Å². The zero-order valence-corrected chi connectivity index (χ0v) is 12.5. The average Bonchev–Trinajstić information content (AvgIpc) is 2.62. The number of nitrogens with one attached hydrogen (secondary N) is 1. The van der Waals surface area contributed by atoms with Gasteiger partial charge in [0, 0.05) is 44.8 Å². The Bertz CT molecular complexity index is 521. The highest BCUT2D eigenvalue weighted by atomic mass is 16.5. The van der Waals surface area contributed by atoms with E-state index >= 15 is 0 Å². The quantitative estimate of drug-likeness (QED) is 0.833. The van der Waals surface area contributed by atoms with Crippen molar-refractivity contribution in [2.75, 3.05) is 45.9 Å². The molecule has 1 aromatic carbocycles. The molecule has 0 saturated carbocycles. The average molecular weight is 303 g/mol. The van der Waals surface area contributed by atoms with Crippen LogP contribution < -0.4 is 5.32 Å². The SMILES string of the molecule is O=C(c1ccccc1)N1CCN(C(=O)C2CNCCO2)CC1. The molecule has 0 spiro atoms. The molecule has 6 heteroatoms. The maximum absolute atomic E-state index is 12.4. The van der Waals surface area contributed by atoms with Crippen LogP contribution >= 0.6 is 0 Å². The van der Waals surface area contributed by atoms with Crippen molar-refractivity contribution in [2.45, 2.75) is 6.10 Å². The predicted molar refractivity (Wildman–Crippen MR) is 81.5 cm³/mol. The highest BCUT2D eigenvalue weighted by Crippen LogP contribution is 2.11. The topological polar surface area (TPSA) is 61.9 Å². The Kier molecular flexibility index (Phi) is 4.70. The molecule has 0 aliphatic carbocycles. The van der Waals surface area contributed by atoms with E-state index in [1.807, 2.05) is 30.3 Å². The fourth-order valence-electron chi connectivity index (χ4n) is 2.82. The number of ether oxygens (including phenoxy) is 1. The van der Waals surface area contributed by atoms with Crippen LogP contribution in [0.5, 0.6) is 0 Å². The Morgan fingerprint density at radius 2 is 1.73 bits per heavy atom. The molecule has 1 unspecified atom stereocenters. The zero-order chi connectivity index (χ0) is 15.4. The van der Waals surface area contributed by atoms with Gasteiger partial charge in [-0.3, -0.25) is 9.59 Å². The molecule has 2 amide bonds. The largest absolute Gasteiger partial charge is 0.366 e. The van der Waals surface area contributed by atoms with Gasteiger partial charge < -0.3 is 19.9 Å². The molecule has 2 fully saturated rings. The van der Waals surface area contributed by atoms with E-state index < -0.39 is 0 Å². The van der Waals surface area contributed by atoms with Gasteiger partial charge in [0.2, 0.25) is 0 Å². The minimum Gasteiger partial charge on any atom is -0.366 e. The highest BCUT2D eigenvalue weighted by Gasteiger charge is 2.30. The third-order valence-electron chi connectivity index (χ3n) is 4.10. The Balaban J connectivity index is 1.54. The lowest BCUT2D eigenvalue weighted by Crippen LogP contribution is -2.56.